The van der Waals surface area contributed by atoms with Crippen LogP contribution in [0.25, 0.3) is 10.8 Å². The molecule has 0 spiro atoms. The van der Waals surface area contributed by atoms with E-state index in [4.69, 9.17) is 0 Å². The molecule has 158 valence electrons. The van der Waals surface area contributed by atoms with Crippen LogP contribution in [0.1, 0.15) is 6.42 Å². The lowest BCUT2D eigenvalue weighted by atomic mass is 10.2. The summed E-state index contributed by atoms with van der Waals surface area (Å²) >= 11 is -0.242. The van der Waals surface area contributed by atoms with E-state index in [0.29, 0.717) is 36.1 Å². The Balaban J connectivity index is 1.44. The van der Waals surface area contributed by atoms with Crippen molar-refractivity contribution >= 4 is 40.1 Å². The number of halogens is 3. The fraction of sp³-hybridized carbons (Fsp3) is 0.211. The van der Waals surface area contributed by atoms with Gasteiger partial charge < -0.3 is 16.0 Å². The number of carbonyl (C=O) groups is 1. The number of alkyl halides is 3. The molecule has 0 aliphatic rings. The van der Waals surface area contributed by atoms with Crippen LogP contribution in [0.4, 0.5) is 29.5 Å². The highest BCUT2D eigenvalue weighted by atomic mass is 32.2. The summed E-state index contributed by atoms with van der Waals surface area (Å²) in [5, 5.41) is 15.9. The van der Waals surface area contributed by atoms with Crippen LogP contribution in [-0.4, -0.2) is 34.8 Å². The van der Waals surface area contributed by atoms with Gasteiger partial charge in [0.25, 0.3) is 5.56 Å². The van der Waals surface area contributed by atoms with Gasteiger partial charge in [-0.2, -0.15) is 18.3 Å². The third kappa shape index (κ3) is 6.14. The highest BCUT2D eigenvalue weighted by molar-refractivity contribution is 8.00. The molecule has 4 N–H and O–H groups in total. The SMILES string of the molecule is O=C(NCCCNc1n[nH]c(=O)c2ccccc12)Nc1cccc(SC(F)(F)F)c1. The maximum atomic E-state index is 12.4. The summed E-state index contributed by atoms with van der Waals surface area (Å²) in [6.45, 7) is 0.818. The van der Waals surface area contributed by atoms with E-state index in [0.717, 1.165) is 0 Å². The minimum Gasteiger partial charge on any atom is -0.368 e. The Hall–Kier alpha value is -3.21. The van der Waals surface area contributed by atoms with E-state index in [-0.39, 0.29) is 27.9 Å². The number of aromatic nitrogens is 2. The molecular weight excluding hydrogens is 419 g/mol. The van der Waals surface area contributed by atoms with Crippen LogP contribution in [0.15, 0.2) is 58.2 Å². The minimum atomic E-state index is -4.39. The number of nitrogens with one attached hydrogen (secondary N) is 4. The number of H-pyrrole nitrogens is 1. The first-order valence-electron chi connectivity index (χ1n) is 8.94. The van der Waals surface area contributed by atoms with Crippen molar-refractivity contribution in [3.63, 3.8) is 0 Å². The molecule has 0 aliphatic heterocycles. The van der Waals surface area contributed by atoms with Gasteiger partial charge in [0.2, 0.25) is 0 Å². The molecule has 0 saturated carbocycles. The van der Waals surface area contributed by atoms with Gasteiger partial charge in [-0.05, 0) is 42.4 Å². The first-order valence-corrected chi connectivity index (χ1v) is 9.75. The predicted octanol–water partition coefficient (Wildman–Crippen LogP) is 4.16. The van der Waals surface area contributed by atoms with Gasteiger partial charge in [0.1, 0.15) is 0 Å². The molecule has 1 aromatic heterocycles. The summed E-state index contributed by atoms with van der Waals surface area (Å²) in [6, 6.07) is 12.1. The van der Waals surface area contributed by atoms with E-state index in [1.165, 1.54) is 24.3 Å². The molecule has 0 fully saturated rings. The van der Waals surface area contributed by atoms with Crippen LogP contribution < -0.4 is 21.5 Å². The lowest BCUT2D eigenvalue weighted by Crippen LogP contribution is -2.30. The van der Waals surface area contributed by atoms with Gasteiger partial charge in [-0.25, -0.2) is 9.89 Å². The van der Waals surface area contributed by atoms with Crippen molar-refractivity contribution in [2.24, 2.45) is 0 Å². The number of hydrogen-bond acceptors (Lipinski definition) is 5. The molecule has 0 radical (unpaired) electrons. The van der Waals surface area contributed by atoms with Gasteiger partial charge >= 0.3 is 11.5 Å². The minimum absolute atomic E-state index is 0.00914. The lowest BCUT2D eigenvalue weighted by Gasteiger charge is -2.11. The molecule has 3 aromatic rings. The van der Waals surface area contributed by atoms with Gasteiger partial charge in [-0.15, -0.1) is 0 Å². The number of aromatic amines is 1. The number of anilines is 2. The smallest absolute Gasteiger partial charge is 0.368 e. The van der Waals surface area contributed by atoms with Gasteiger partial charge in [0, 0.05) is 29.1 Å². The van der Waals surface area contributed by atoms with Crippen LogP contribution >= 0.6 is 11.8 Å². The number of fused-ring (bicyclic) bond motifs is 1. The second kappa shape index (κ2) is 9.53. The summed E-state index contributed by atoms with van der Waals surface area (Å²) in [7, 11) is 0. The number of rotatable bonds is 7. The Kier molecular flexibility index (Phi) is 6.83. The van der Waals surface area contributed by atoms with Crippen LogP contribution in [0.3, 0.4) is 0 Å². The Labute approximate surface area is 173 Å². The van der Waals surface area contributed by atoms with Crippen molar-refractivity contribution in [1.82, 2.24) is 15.5 Å². The average molecular weight is 437 g/mol. The summed E-state index contributed by atoms with van der Waals surface area (Å²) in [6.07, 6.45) is 0.562. The summed E-state index contributed by atoms with van der Waals surface area (Å²) in [5.41, 5.74) is -4.39. The molecule has 3 rings (SSSR count). The number of hydrogen-bond donors (Lipinski definition) is 4. The van der Waals surface area contributed by atoms with Gasteiger partial charge in [-0.3, -0.25) is 4.79 Å². The lowest BCUT2D eigenvalue weighted by molar-refractivity contribution is -0.0328. The molecule has 0 unspecified atom stereocenters. The molecule has 0 aliphatic carbocycles. The maximum Gasteiger partial charge on any atom is 0.446 e. The molecular formula is C19H18F3N5O2S. The van der Waals surface area contributed by atoms with Gasteiger partial charge in [-0.1, -0.05) is 24.3 Å². The van der Waals surface area contributed by atoms with Crippen molar-refractivity contribution in [3.05, 3.63) is 58.9 Å². The number of urea groups is 1. The van der Waals surface area contributed by atoms with Gasteiger partial charge in [0.05, 0.1) is 5.39 Å². The third-order valence-corrected chi connectivity index (χ3v) is 4.67. The van der Waals surface area contributed by atoms with E-state index in [9.17, 15) is 22.8 Å². The number of carbonyl (C=O) groups excluding carboxylic acids is 1. The zero-order valence-corrected chi connectivity index (χ0v) is 16.4. The van der Waals surface area contributed by atoms with Crippen molar-refractivity contribution < 1.29 is 18.0 Å². The molecule has 2 aromatic carbocycles. The standard InChI is InChI=1S/C19H18F3N5O2S/c20-19(21,22)30-13-6-3-5-12(11-13)25-18(29)24-10-4-9-23-16-14-7-1-2-8-15(14)17(28)27-26-16/h1-3,5-8,11H,4,9-10H2,(H,23,26)(H,27,28)(H2,24,25,29). The van der Waals surface area contributed by atoms with Crippen molar-refractivity contribution in [2.75, 3.05) is 23.7 Å². The van der Waals surface area contributed by atoms with Gasteiger partial charge in [0.15, 0.2) is 5.82 Å². The molecule has 1 heterocycles. The van der Waals surface area contributed by atoms with Crippen LogP contribution in [0, 0.1) is 0 Å². The topological polar surface area (TPSA) is 98.9 Å². The molecule has 7 nitrogen and oxygen atoms in total. The zero-order chi connectivity index (χ0) is 21.6. The quantitative estimate of drug-likeness (QED) is 0.329. The largest absolute Gasteiger partial charge is 0.446 e. The average Bonchev–Trinajstić information content (AvgIpc) is 2.68. The summed E-state index contributed by atoms with van der Waals surface area (Å²) < 4.78 is 37.3. The summed E-state index contributed by atoms with van der Waals surface area (Å²) in [4.78, 5) is 23.7. The van der Waals surface area contributed by atoms with Crippen molar-refractivity contribution in [1.29, 1.82) is 0 Å². The molecule has 11 heteroatoms. The molecule has 2 amide bonds. The number of thioether (sulfide) groups is 1. The Morgan fingerprint density at radius 3 is 2.60 bits per heavy atom. The fourth-order valence-corrected chi connectivity index (χ4v) is 3.29. The molecule has 0 saturated heterocycles. The van der Waals surface area contributed by atoms with Crippen molar-refractivity contribution in [2.45, 2.75) is 16.8 Å². The Bertz CT molecular complexity index is 1090. The van der Waals surface area contributed by atoms with Crippen LogP contribution in [0.2, 0.25) is 0 Å². The zero-order valence-electron chi connectivity index (χ0n) is 15.5. The number of nitrogens with zero attached hydrogens (tertiary/aromatic N) is 1. The number of amides is 2. The van der Waals surface area contributed by atoms with Crippen LogP contribution in [0.5, 0.6) is 0 Å². The van der Waals surface area contributed by atoms with Crippen LogP contribution in [-0.2, 0) is 0 Å². The monoisotopic (exact) mass is 437 g/mol. The third-order valence-electron chi connectivity index (χ3n) is 3.95. The Morgan fingerprint density at radius 1 is 1.07 bits per heavy atom. The van der Waals surface area contributed by atoms with E-state index in [2.05, 4.69) is 26.1 Å². The molecule has 0 bridgehead atoms. The normalized spacial score (nSPS) is 11.3. The predicted molar refractivity (Wildman–Crippen MR) is 111 cm³/mol. The van der Waals surface area contributed by atoms with E-state index < -0.39 is 11.5 Å². The second-order valence-electron chi connectivity index (χ2n) is 6.18. The second-order valence-corrected chi connectivity index (χ2v) is 7.32. The molecule has 30 heavy (non-hydrogen) atoms. The number of benzene rings is 2. The maximum absolute atomic E-state index is 12.4. The highest BCUT2D eigenvalue weighted by Crippen LogP contribution is 2.37. The fourth-order valence-electron chi connectivity index (χ4n) is 2.69. The first kappa shape index (κ1) is 21.5. The van der Waals surface area contributed by atoms with E-state index in [1.54, 1.807) is 18.2 Å². The Morgan fingerprint density at radius 2 is 1.83 bits per heavy atom. The van der Waals surface area contributed by atoms with E-state index >= 15 is 0 Å². The summed E-state index contributed by atoms with van der Waals surface area (Å²) in [5.74, 6) is 0.536. The highest BCUT2D eigenvalue weighted by Gasteiger charge is 2.29. The molecule has 0 atom stereocenters. The van der Waals surface area contributed by atoms with E-state index in [1.807, 2.05) is 6.07 Å². The first-order chi connectivity index (χ1) is 14.3. The van der Waals surface area contributed by atoms with Crippen molar-refractivity contribution in [3.8, 4) is 0 Å².